The zero-order valence-electron chi connectivity index (χ0n) is 16.0. The molecule has 2 amide bonds. The Bertz CT molecular complexity index is 779. The third-order valence-corrected chi connectivity index (χ3v) is 6.63. The van der Waals surface area contributed by atoms with Crippen molar-refractivity contribution in [2.75, 3.05) is 32.0 Å². The van der Waals surface area contributed by atoms with Crippen LogP contribution in [0.2, 0.25) is 0 Å². The average molecular weight is 397 g/mol. The van der Waals surface area contributed by atoms with Gasteiger partial charge in [-0.3, -0.25) is 9.59 Å². The predicted octanol–water partition coefficient (Wildman–Crippen LogP) is 0.851. The van der Waals surface area contributed by atoms with Gasteiger partial charge in [0.1, 0.15) is 0 Å². The van der Waals surface area contributed by atoms with Crippen LogP contribution >= 0.6 is 0 Å². The van der Waals surface area contributed by atoms with Crippen molar-refractivity contribution < 1.29 is 18.0 Å². The Morgan fingerprint density at radius 1 is 1.30 bits per heavy atom. The van der Waals surface area contributed by atoms with E-state index >= 15 is 0 Å². The van der Waals surface area contributed by atoms with Crippen molar-refractivity contribution in [2.45, 2.75) is 37.6 Å². The maximum absolute atomic E-state index is 12.7. The molecule has 1 aromatic carbocycles. The second-order valence-corrected chi connectivity index (χ2v) is 9.12. The van der Waals surface area contributed by atoms with E-state index in [4.69, 9.17) is 5.73 Å². The number of sulfonamides is 1. The van der Waals surface area contributed by atoms with E-state index in [1.165, 1.54) is 38.2 Å². The summed E-state index contributed by atoms with van der Waals surface area (Å²) in [5.41, 5.74) is 6.30. The van der Waals surface area contributed by atoms with E-state index in [0.717, 1.165) is 17.1 Å². The van der Waals surface area contributed by atoms with Gasteiger partial charge >= 0.3 is 0 Å². The fourth-order valence-corrected chi connectivity index (χ4v) is 4.38. The number of benzene rings is 1. The van der Waals surface area contributed by atoms with Crippen molar-refractivity contribution >= 4 is 27.5 Å². The highest BCUT2D eigenvalue weighted by Gasteiger charge is 2.31. The molecule has 8 nitrogen and oxygen atoms in total. The van der Waals surface area contributed by atoms with E-state index in [2.05, 4.69) is 12.2 Å². The maximum Gasteiger partial charge on any atom is 0.243 e. The second kappa shape index (κ2) is 8.81. The summed E-state index contributed by atoms with van der Waals surface area (Å²) >= 11 is 0. The number of hydrogen-bond donors (Lipinski definition) is 2. The van der Waals surface area contributed by atoms with Gasteiger partial charge in [-0.1, -0.05) is 6.92 Å². The van der Waals surface area contributed by atoms with E-state index in [-0.39, 0.29) is 29.3 Å². The monoisotopic (exact) mass is 396 g/mol. The van der Waals surface area contributed by atoms with Crippen LogP contribution in [-0.2, 0) is 19.6 Å². The van der Waals surface area contributed by atoms with Crippen molar-refractivity contribution in [2.24, 2.45) is 11.7 Å². The normalized spacial score (nSPS) is 20.6. The third kappa shape index (κ3) is 5.27. The zero-order valence-corrected chi connectivity index (χ0v) is 16.8. The molecule has 150 valence electrons. The summed E-state index contributed by atoms with van der Waals surface area (Å²) in [6.45, 7) is 4.24. The summed E-state index contributed by atoms with van der Waals surface area (Å²) in [4.78, 5) is 25.5. The highest BCUT2D eigenvalue weighted by atomic mass is 32.2. The number of nitrogens with zero attached hydrogens (tertiary/aromatic N) is 2. The molecule has 2 atom stereocenters. The Morgan fingerprint density at radius 2 is 1.93 bits per heavy atom. The maximum atomic E-state index is 12.7. The summed E-state index contributed by atoms with van der Waals surface area (Å²) in [5, 5.41) is 2.58. The number of carbonyl (C=O) groups excluding carboxylic acids is 2. The number of piperidine rings is 1. The van der Waals surface area contributed by atoms with Crippen LogP contribution < -0.4 is 11.1 Å². The predicted molar refractivity (Wildman–Crippen MR) is 104 cm³/mol. The van der Waals surface area contributed by atoms with Crippen molar-refractivity contribution in [3.8, 4) is 0 Å². The Balaban J connectivity index is 2.08. The van der Waals surface area contributed by atoms with Gasteiger partial charge in [0.15, 0.2) is 0 Å². The third-order valence-electron chi connectivity index (χ3n) is 4.81. The van der Waals surface area contributed by atoms with Gasteiger partial charge in [0.05, 0.1) is 11.4 Å². The number of carbonyl (C=O) groups is 2. The molecule has 2 unspecified atom stereocenters. The SMILES string of the molecule is CC(=O)Nc1ccc(S(=O)(=O)N(C)CC(=O)N2CCC(C)CC2CN)cc1. The van der Waals surface area contributed by atoms with Gasteiger partial charge < -0.3 is 16.0 Å². The molecule has 1 heterocycles. The molecule has 0 radical (unpaired) electrons. The van der Waals surface area contributed by atoms with Gasteiger partial charge in [-0.25, -0.2) is 8.42 Å². The van der Waals surface area contributed by atoms with Gasteiger partial charge in [0.25, 0.3) is 0 Å². The smallest absolute Gasteiger partial charge is 0.243 e. The quantitative estimate of drug-likeness (QED) is 0.740. The number of amides is 2. The fraction of sp³-hybridized carbons (Fsp3) is 0.556. The molecule has 9 heteroatoms. The van der Waals surface area contributed by atoms with E-state index in [1.54, 1.807) is 4.90 Å². The average Bonchev–Trinajstić information content (AvgIpc) is 2.61. The van der Waals surface area contributed by atoms with E-state index < -0.39 is 10.0 Å². The van der Waals surface area contributed by atoms with Gasteiger partial charge in [0, 0.05) is 38.8 Å². The lowest BCUT2D eigenvalue weighted by molar-refractivity contribution is -0.135. The first kappa shape index (κ1) is 21.3. The van der Waals surface area contributed by atoms with Crippen molar-refractivity contribution in [3.63, 3.8) is 0 Å². The summed E-state index contributed by atoms with van der Waals surface area (Å²) in [5.74, 6) is 0.0307. The first-order valence-electron chi connectivity index (χ1n) is 8.98. The van der Waals surface area contributed by atoms with Crippen LogP contribution in [0.25, 0.3) is 0 Å². The molecule has 0 bridgehead atoms. The molecule has 1 aliphatic rings. The Labute approximate surface area is 160 Å². The molecule has 0 aliphatic carbocycles. The molecule has 1 saturated heterocycles. The highest BCUT2D eigenvalue weighted by molar-refractivity contribution is 7.89. The number of likely N-dealkylation sites (tertiary alicyclic amines) is 1. The molecule has 3 N–H and O–H groups in total. The van der Waals surface area contributed by atoms with E-state index in [1.807, 2.05) is 0 Å². The molecular formula is C18H28N4O4S. The lowest BCUT2D eigenvalue weighted by Crippen LogP contribution is -2.52. The van der Waals surface area contributed by atoms with Crippen LogP contribution in [0.5, 0.6) is 0 Å². The number of nitrogens with two attached hydrogens (primary N) is 1. The minimum atomic E-state index is -3.81. The largest absolute Gasteiger partial charge is 0.337 e. The minimum absolute atomic E-state index is 0.0470. The highest BCUT2D eigenvalue weighted by Crippen LogP contribution is 2.23. The van der Waals surface area contributed by atoms with Gasteiger partial charge in [-0.05, 0) is 43.0 Å². The van der Waals surface area contributed by atoms with Gasteiger partial charge in [0.2, 0.25) is 21.8 Å². The molecule has 0 aromatic heterocycles. The molecule has 1 aromatic rings. The molecule has 27 heavy (non-hydrogen) atoms. The Kier molecular flexibility index (Phi) is 6.96. The van der Waals surface area contributed by atoms with Crippen LogP contribution in [0, 0.1) is 5.92 Å². The number of nitrogens with one attached hydrogen (secondary N) is 1. The number of likely N-dealkylation sites (N-methyl/N-ethyl adjacent to an activating group) is 1. The molecule has 2 rings (SSSR count). The Morgan fingerprint density at radius 3 is 2.48 bits per heavy atom. The molecule has 0 spiro atoms. The fourth-order valence-electron chi connectivity index (χ4n) is 3.26. The van der Waals surface area contributed by atoms with Crippen LogP contribution in [0.1, 0.15) is 26.7 Å². The van der Waals surface area contributed by atoms with Crippen LogP contribution in [0.3, 0.4) is 0 Å². The first-order chi connectivity index (χ1) is 12.6. The second-order valence-electron chi connectivity index (χ2n) is 7.07. The number of rotatable bonds is 6. The van der Waals surface area contributed by atoms with Gasteiger partial charge in [-0.2, -0.15) is 4.31 Å². The minimum Gasteiger partial charge on any atom is -0.337 e. The lowest BCUT2D eigenvalue weighted by Gasteiger charge is -2.38. The van der Waals surface area contributed by atoms with Gasteiger partial charge in [-0.15, -0.1) is 0 Å². The summed E-state index contributed by atoms with van der Waals surface area (Å²) < 4.78 is 26.5. The van der Waals surface area contributed by atoms with Crippen molar-refractivity contribution in [3.05, 3.63) is 24.3 Å². The summed E-state index contributed by atoms with van der Waals surface area (Å²) in [6, 6.07) is 5.80. The molecule has 1 aliphatic heterocycles. The van der Waals surface area contributed by atoms with Crippen LogP contribution in [-0.4, -0.2) is 62.2 Å². The van der Waals surface area contributed by atoms with Crippen molar-refractivity contribution in [1.82, 2.24) is 9.21 Å². The number of anilines is 1. The van der Waals surface area contributed by atoms with Crippen LogP contribution in [0.15, 0.2) is 29.2 Å². The first-order valence-corrected chi connectivity index (χ1v) is 10.4. The standard InChI is InChI=1S/C18H28N4O4S/c1-13-8-9-22(16(10-13)11-19)18(24)12-21(3)27(25,26)17-6-4-15(5-7-17)20-14(2)23/h4-7,13,16H,8-12,19H2,1-3H3,(H,20,23). The zero-order chi connectivity index (χ0) is 20.2. The number of hydrogen-bond acceptors (Lipinski definition) is 5. The Hall–Kier alpha value is -1.97. The summed E-state index contributed by atoms with van der Waals surface area (Å²) in [7, 11) is -2.42. The molecule has 0 saturated carbocycles. The molecular weight excluding hydrogens is 368 g/mol. The molecule has 1 fully saturated rings. The van der Waals surface area contributed by atoms with E-state index in [0.29, 0.717) is 24.7 Å². The lowest BCUT2D eigenvalue weighted by atomic mass is 9.92. The van der Waals surface area contributed by atoms with Crippen LogP contribution in [0.4, 0.5) is 5.69 Å². The van der Waals surface area contributed by atoms with E-state index in [9.17, 15) is 18.0 Å². The topological polar surface area (TPSA) is 113 Å². The van der Waals surface area contributed by atoms with Crippen molar-refractivity contribution in [1.29, 1.82) is 0 Å². The summed E-state index contributed by atoms with van der Waals surface area (Å²) in [6.07, 6.45) is 1.73.